The quantitative estimate of drug-likeness (QED) is 0.779. The van der Waals surface area contributed by atoms with Gasteiger partial charge in [-0.3, -0.25) is 14.5 Å². The number of rotatable bonds is 6. The standard InChI is InChI=1S/C24H35N3O3/c1-17-7-6-10-22(13-17)30-18(2)23(28)25-14-21-16-27(20-11-12-26(21)15-20)24(29)19-8-4-3-5-9-19/h3-5,8-9,17-18,20-22H,6-7,10-16H2,1-2H3,(H,25,28). The molecule has 1 N–H and O–H groups in total. The molecule has 3 aliphatic rings. The number of piperazine rings is 1. The van der Waals surface area contributed by atoms with Crippen LogP contribution in [0.2, 0.25) is 0 Å². The first-order valence-electron chi connectivity index (χ1n) is 11.5. The molecule has 3 fully saturated rings. The van der Waals surface area contributed by atoms with Crippen LogP contribution in [0.5, 0.6) is 0 Å². The summed E-state index contributed by atoms with van der Waals surface area (Å²) in [4.78, 5) is 30.1. The van der Waals surface area contributed by atoms with E-state index in [9.17, 15) is 9.59 Å². The molecule has 0 radical (unpaired) electrons. The van der Waals surface area contributed by atoms with Crippen molar-refractivity contribution < 1.29 is 14.3 Å². The van der Waals surface area contributed by atoms with E-state index in [1.807, 2.05) is 42.2 Å². The van der Waals surface area contributed by atoms with Crippen LogP contribution in [0.1, 0.15) is 56.3 Å². The summed E-state index contributed by atoms with van der Waals surface area (Å²) in [6, 6.07) is 9.94. The van der Waals surface area contributed by atoms with Gasteiger partial charge in [-0.2, -0.15) is 0 Å². The Morgan fingerprint density at radius 2 is 1.97 bits per heavy atom. The summed E-state index contributed by atoms with van der Waals surface area (Å²) in [6.07, 6.45) is 5.31. The number of benzene rings is 1. The molecule has 1 aromatic carbocycles. The van der Waals surface area contributed by atoms with Crippen molar-refractivity contribution in [2.45, 2.75) is 70.2 Å². The second-order valence-corrected chi connectivity index (χ2v) is 9.33. The van der Waals surface area contributed by atoms with E-state index >= 15 is 0 Å². The summed E-state index contributed by atoms with van der Waals surface area (Å²) in [5.41, 5.74) is 0.740. The van der Waals surface area contributed by atoms with Crippen LogP contribution < -0.4 is 5.32 Å². The highest BCUT2D eigenvalue weighted by molar-refractivity contribution is 5.94. The van der Waals surface area contributed by atoms with Gasteiger partial charge < -0.3 is 15.0 Å². The molecular weight excluding hydrogens is 378 g/mol. The van der Waals surface area contributed by atoms with E-state index in [1.54, 1.807) is 0 Å². The molecule has 0 aromatic heterocycles. The third kappa shape index (κ3) is 4.86. The zero-order chi connectivity index (χ0) is 21.1. The van der Waals surface area contributed by atoms with E-state index < -0.39 is 6.10 Å². The van der Waals surface area contributed by atoms with Crippen molar-refractivity contribution in [1.29, 1.82) is 0 Å². The van der Waals surface area contributed by atoms with Gasteiger partial charge in [-0.1, -0.05) is 38.0 Å². The lowest BCUT2D eigenvalue weighted by molar-refractivity contribution is -0.137. The highest BCUT2D eigenvalue weighted by Crippen LogP contribution is 2.27. The second kappa shape index (κ2) is 9.48. The Morgan fingerprint density at radius 1 is 1.17 bits per heavy atom. The molecule has 6 nitrogen and oxygen atoms in total. The van der Waals surface area contributed by atoms with Gasteiger partial charge in [0, 0.05) is 43.8 Å². The summed E-state index contributed by atoms with van der Waals surface area (Å²) in [5.74, 6) is 0.731. The average molecular weight is 414 g/mol. The fourth-order valence-electron chi connectivity index (χ4n) is 5.25. The average Bonchev–Trinajstić information content (AvgIpc) is 3.17. The van der Waals surface area contributed by atoms with Crippen LogP contribution in [-0.2, 0) is 9.53 Å². The van der Waals surface area contributed by atoms with E-state index in [-0.39, 0.29) is 30.0 Å². The Morgan fingerprint density at radius 3 is 2.73 bits per heavy atom. The minimum absolute atomic E-state index is 0.0458. The fourth-order valence-corrected chi connectivity index (χ4v) is 5.25. The van der Waals surface area contributed by atoms with E-state index in [0.717, 1.165) is 37.9 Å². The van der Waals surface area contributed by atoms with Gasteiger partial charge in [0.25, 0.3) is 5.91 Å². The Hall–Kier alpha value is -1.92. The number of carbonyl (C=O) groups excluding carboxylic acids is 2. The van der Waals surface area contributed by atoms with Crippen LogP contribution >= 0.6 is 0 Å². The lowest BCUT2D eigenvalue weighted by Crippen LogP contribution is -2.58. The molecule has 4 rings (SSSR count). The molecule has 1 aromatic rings. The lowest BCUT2D eigenvalue weighted by Gasteiger charge is -2.40. The highest BCUT2D eigenvalue weighted by Gasteiger charge is 2.41. The highest BCUT2D eigenvalue weighted by atomic mass is 16.5. The maximum Gasteiger partial charge on any atom is 0.254 e. The summed E-state index contributed by atoms with van der Waals surface area (Å²) in [7, 11) is 0. The summed E-state index contributed by atoms with van der Waals surface area (Å²) in [6.45, 7) is 7.20. The van der Waals surface area contributed by atoms with Crippen molar-refractivity contribution in [2.75, 3.05) is 26.2 Å². The molecule has 2 bridgehead atoms. The molecule has 6 unspecified atom stereocenters. The molecule has 2 saturated heterocycles. The normalized spacial score (nSPS) is 31.9. The van der Waals surface area contributed by atoms with Crippen LogP contribution in [0.3, 0.4) is 0 Å². The molecule has 2 heterocycles. The number of fused-ring (bicyclic) bond motifs is 2. The maximum absolute atomic E-state index is 13.0. The van der Waals surface area contributed by atoms with E-state index in [1.165, 1.54) is 12.8 Å². The molecule has 30 heavy (non-hydrogen) atoms. The van der Waals surface area contributed by atoms with Crippen molar-refractivity contribution in [3.05, 3.63) is 35.9 Å². The number of amides is 2. The first-order valence-corrected chi connectivity index (χ1v) is 11.5. The van der Waals surface area contributed by atoms with Crippen LogP contribution in [-0.4, -0.2) is 72.1 Å². The summed E-state index contributed by atoms with van der Waals surface area (Å²) >= 11 is 0. The zero-order valence-corrected chi connectivity index (χ0v) is 18.3. The molecule has 2 amide bonds. The van der Waals surface area contributed by atoms with Crippen molar-refractivity contribution >= 4 is 11.8 Å². The smallest absolute Gasteiger partial charge is 0.254 e. The van der Waals surface area contributed by atoms with Crippen LogP contribution in [0.15, 0.2) is 30.3 Å². The largest absolute Gasteiger partial charge is 0.365 e. The monoisotopic (exact) mass is 413 g/mol. The van der Waals surface area contributed by atoms with Crippen LogP contribution in [0, 0.1) is 5.92 Å². The Labute approximate surface area is 179 Å². The minimum Gasteiger partial charge on any atom is -0.365 e. The number of carbonyl (C=O) groups is 2. The first kappa shape index (κ1) is 21.3. The number of nitrogens with one attached hydrogen (secondary N) is 1. The number of hydrogen-bond donors (Lipinski definition) is 1. The molecule has 6 atom stereocenters. The topological polar surface area (TPSA) is 61.9 Å². The molecule has 1 saturated carbocycles. The molecule has 2 aliphatic heterocycles. The van der Waals surface area contributed by atoms with Gasteiger partial charge in [0.2, 0.25) is 5.91 Å². The molecular formula is C24H35N3O3. The van der Waals surface area contributed by atoms with Gasteiger partial charge in [-0.25, -0.2) is 0 Å². The predicted molar refractivity (Wildman–Crippen MR) is 116 cm³/mol. The molecule has 164 valence electrons. The van der Waals surface area contributed by atoms with Gasteiger partial charge in [-0.15, -0.1) is 0 Å². The van der Waals surface area contributed by atoms with Gasteiger partial charge in [0.05, 0.1) is 6.10 Å². The van der Waals surface area contributed by atoms with E-state index in [0.29, 0.717) is 19.0 Å². The Balaban J connectivity index is 1.30. The Bertz CT molecular complexity index is 740. The predicted octanol–water partition coefficient (Wildman–Crippen LogP) is 2.69. The molecule has 0 spiro atoms. The van der Waals surface area contributed by atoms with Crippen LogP contribution in [0.4, 0.5) is 0 Å². The first-order chi connectivity index (χ1) is 14.5. The van der Waals surface area contributed by atoms with Crippen LogP contribution in [0.25, 0.3) is 0 Å². The van der Waals surface area contributed by atoms with E-state index in [4.69, 9.17) is 4.74 Å². The van der Waals surface area contributed by atoms with Gasteiger partial charge in [0.1, 0.15) is 6.10 Å². The third-order valence-electron chi connectivity index (χ3n) is 7.01. The number of ether oxygens (including phenoxy) is 1. The van der Waals surface area contributed by atoms with E-state index in [2.05, 4.69) is 17.1 Å². The van der Waals surface area contributed by atoms with Crippen molar-refractivity contribution in [3.63, 3.8) is 0 Å². The maximum atomic E-state index is 13.0. The fraction of sp³-hybridized carbons (Fsp3) is 0.667. The van der Waals surface area contributed by atoms with Gasteiger partial charge in [0.15, 0.2) is 0 Å². The minimum atomic E-state index is -0.433. The van der Waals surface area contributed by atoms with Gasteiger partial charge in [-0.05, 0) is 44.2 Å². The summed E-state index contributed by atoms with van der Waals surface area (Å²) < 4.78 is 6.05. The van der Waals surface area contributed by atoms with Crippen molar-refractivity contribution in [2.24, 2.45) is 5.92 Å². The van der Waals surface area contributed by atoms with Crippen molar-refractivity contribution in [3.8, 4) is 0 Å². The second-order valence-electron chi connectivity index (χ2n) is 9.33. The third-order valence-corrected chi connectivity index (χ3v) is 7.01. The molecule has 1 aliphatic carbocycles. The van der Waals surface area contributed by atoms with Crippen molar-refractivity contribution in [1.82, 2.24) is 15.1 Å². The Kier molecular flexibility index (Phi) is 6.74. The number of nitrogens with zero attached hydrogens (tertiary/aromatic N) is 2. The SMILES string of the molecule is CC1CCCC(OC(C)C(=O)NCC2CN(C(=O)c3ccccc3)C3CCN2C3)C1. The molecule has 6 heteroatoms. The zero-order valence-electron chi connectivity index (χ0n) is 18.3. The van der Waals surface area contributed by atoms with Gasteiger partial charge >= 0.3 is 0 Å². The summed E-state index contributed by atoms with van der Waals surface area (Å²) in [5, 5.41) is 3.09. The number of hydrogen-bond acceptors (Lipinski definition) is 4. The lowest BCUT2D eigenvalue weighted by atomic mass is 9.88.